The number of halogens is 2. The van der Waals surface area contributed by atoms with Crippen LogP contribution in [0.4, 0.5) is 8.78 Å². The van der Waals surface area contributed by atoms with Gasteiger partial charge in [-0.25, -0.2) is 8.78 Å². The summed E-state index contributed by atoms with van der Waals surface area (Å²) in [4.78, 5) is 13.5. The van der Waals surface area contributed by atoms with Crippen LogP contribution in [-0.4, -0.2) is 38.1 Å². The van der Waals surface area contributed by atoms with Crippen molar-refractivity contribution in [3.8, 4) is 22.6 Å². The molecule has 0 aliphatic carbocycles. The SMILES string of the molecule is CCC(Oc1cc(F)cc(-c2cc(F)ccc2OC)c1)C(=O)N(C)C. The third-order valence-electron chi connectivity index (χ3n) is 3.71. The topological polar surface area (TPSA) is 38.8 Å². The number of hydrogen-bond acceptors (Lipinski definition) is 3. The number of ether oxygens (including phenoxy) is 2. The maximum Gasteiger partial charge on any atom is 0.263 e. The molecule has 1 amide bonds. The average molecular weight is 349 g/mol. The summed E-state index contributed by atoms with van der Waals surface area (Å²) in [5.74, 6) is -0.614. The van der Waals surface area contributed by atoms with Gasteiger partial charge in [-0.05, 0) is 42.3 Å². The van der Waals surface area contributed by atoms with Gasteiger partial charge in [0.1, 0.15) is 23.1 Å². The Morgan fingerprint density at radius 3 is 2.44 bits per heavy atom. The van der Waals surface area contributed by atoms with Gasteiger partial charge in [0.15, 0.2) is 6.10 Å². The Bertz CT molecular complexity index is 762. The van der Waals surface area contributed by atoms with E-state index in [0.717, 1.165) is 0 Å². The Morgan fingerprint density at radius 1 is 1.12 bits per heavy atom. The van der Waals surface area contributed by atoms with E-state index in [0.29, 0.717) is 23.3 Å². The summed E-state index contributed by atoms with van der Waals surface area (Å²) in [7, 11) is 4.71. The van der Waals surface area contributed by atoms with E-state index in [9.17, 15) is 13.6 Å². The van der Waals surface area contributed by atoms with Gasteiger partial charge in [0.25, 0.3) is 5.91 Å². The van der Waals surface area contributed by atoms with Gasteiger partial charge in [0.05, 0.1) is 7.11 Å². The Labute approximate surface area is 146 Å². The molecule has 0 saturated heterocycles. The molecule has 6 heteroatoms. The van der Waals surface area contributed by atoms with Crippen molar-refractivity contribution >= 4 is 5.91 Å². The standard InChI is InChI=1S/C19H21F2NO3/c1-5-17(19(23)22(2)3)25-15-9-12(8-14(21)10-15)16-11-13(20)6-7-18(16)24-4/h6-11,17H,5H2,1-4H3. The molecule has 0 aliphatic rings. The summed E-state index contributed by atoms with van der Waals surface area (Å²) in [5, 5.41) is 0. The summed E-state index contributed by atoms with van der Waals surface area (Å²) < 4.78 is 38.5. The van der Waals surface area contributed by atoms with Crippen molar-refractivity contribution in [2.24, 2.45) is 0 Å². The third kappa shape index (κ3) is 4.47. The number of hydrogen-bond donors (Lipinski definition) is 0. The van der Waals surface area contributed by atoms with Gasteiger partial charge in [-0.2, -0.15) is 0 Å². The van der Waals surface area contributed by atoms with E-state index in [4.69, 9.17) is 9.47 Å². The van der Waals surface area contributed by atoms with Gasteiger partial charge >= 0.3 is 0 Å². The molecule has 1 unspecified atom stereocenters. The normalized spacial score (nSPS) is 11.8. The van der Waals surface area contributed by atoms with Crippen LogP contribution in [0.25, 0.3) is 11.1 Å². The lowest BCUT2D eigenvalue weighted by molar-refractivity contribution is -0.136. The van der Waals surface area contributed by atoms with Crippen molar-refractivity contribution in [1.29, 1.82) is 0 Å². The average Bonchev–Trinajstić information content (AvgIpc) is 2.58. The van der Waals surface area contributed by atoms with Crippen molar-refractivity contribution < 1.29 is 23.0 Å². The van der Waals surface area contributed by atoms with Crippen molar-refractivity contribution in [1.82, 2.24) is 4.90 Å². The highest BCUT2D eigenvalue weighted by Gasteiger charge is 2.21. The van der Waals surface area contributed by atoms with E-state index in [2.05, 4.69) is 0 Å². The predicted molar refractivity (Wildman–Crippen MR) is 91.7 cm³/mol. The van der Waals surface area contributed by atoms with Crippen LogP contribution < -0.4 is 9.47 Å². The molecule has 0 bridgehead atoms. The monoisotopic (exact) mass is 349 g/mol. The quantitative estimate of drug-likeness (QED) is 0.794. The van der Waals surface area contributed by atoms with E-state index in [1.54, 1.807) is 20.2 Å². The molecule has 0 fully saturated rings. The molecule has 0 radical (unpaired) electrons. The fourth-order valence-corrected chi connectivity index (χ4v) is 2.45. The second-order valence-corrected chi connectivity index (χ2v) is 5.77. The second-order valence-electron chi connectivity index (χ2n) is 5.77. The number of likely N-dealkylation sites (N-methyl/N-ethyl adjacent to an activating group) is 1. The third-order valence-corrected chi connectivity index (χ3v) is 3.71. The van der Waals surface area contributed by atoms with Gasteiger partial charge in [-0.1, -0.05) is 6.92 Å². The first kappa shape index (κ1) is 18.7. The van der Waals surface area contributed by atoms with Crippen LogP contribution in [0.5, 0.6) is 11.5 Å². The first-order chi connectivity index (χ1) is 11.8. The highest BCUT2D eigenvalue weighted by Crippen LogP contribution is 2.33. The van der Waals surface area contributed by atoms with Gasteiger partial charge in [0.2, 0.25) is 0 Å². The van der Waals surface area contributed by atoms with E-state index in [-0.39, 0.29) is 11.7 Å². The molecule has 134 valence electrons. The number of methoxy groups -OCH3 is 1. The number of nitrogens with zero attached hydrogens (tertiary/aromatic N) is 1. The van der Waals surface area contributed by atoms with Crippen LogP contribution in [0, 0.1) is 11.6 Å². The van der Waals surface area contributed by atoms with Crippen LogP contribution in [0.15, 0.2) is 36.4 Å². The number of benzene rings is 2. The molecule has 25 heavy (non-hydrogen) atoms. The van der Waals surface area contributed by atoms with E-state index in [1.807, 2.05) is 6.92 Å². The first-order valence-electron chi connectivity index (χ1n) is 7.88. The van der Waals surface area contributed by atoms with Crippen LogP contribution in [0.1, 0.15) is 13.3 Å². The fourth-order valence-electron chi connectivity index (χ4n) is 2.45. The molecular formula is C19H21F2NO3. The molecule has 0 N–H and O–H groups in total. The van der Waals surface area contributed by atoms with E-state index in [1.165, 1.54) is 42.3 Å². The lowest BCUT2D eigenvalue weighted by Gasteiger charge is -2.21. The predicted octanol–water partition coefficient (Wildman–Crippen LogP) is 3.89. The summed E-state index contributed by atoms with van der Waals surface area (Å²) in [5.41, 5.74) is 0.803. The van der Waals surface area contributed by atoms with Gasteiger partial charge in [0, 0.05) is 25.7 Å². The van der Waals surface area contributed by atoms with Gasteiger partial charge in [-0.15, -0.1) is 0 Å². The minimum Gasteiger partial charge on any atom is -0.496 e. The number of carbonyl (C=O) groups is 1. The molecule has 4 nitrogen and oxygen atoms in total. The summed E-state index contributed by atoms with van der Waals surface area (Å²) in [6, 6.07) is 8.02. The molecule has 0 spiro atoms. The van der Waals surface area contributed by atoms with Crippen molar-refractivity contribution in [3.05, 3.63) is 48.0 Å². The fraction of sp³-hybridized carbons (Fsp3) is 0.316. The van der Waals surface area contributed by atoms with Crippen LogP contribution in [0.3, 0.4) is 0 Å². The molecule has 1 atom stereocenters. The largest absolute Gasteiger partial charge is 0.496 e. The molecule has 2 rings (SSSR count). The molecule has 2 aromatic rings. The lowest BCUT2D eigenvalue weighted by atomic mass is 10.0. The van der Waals surface area contributed by atoms with Crippen molar-refractivity contribution in [3.63, 3.8) is 0 Å². The van der Waals surface area contributed by atoms with Gasteiger partial charge < -0.3 is 14.4 Å². The Hall–Kier alpha value is -2.63. The van der Waals surface area contributed by atoms with E-state index >= 15 is 0 Å². The van der Waals surface area contributed by atoms with Crippen LogP contribution in [-0.2, 0) is 4.79 Å². The highest BCUT2D eigenvalue weighted by atomic mass is 19.1. The van der Waals surface area contributed by atoms with Crippen LogP contribution >= 0.6 is 0 Å². The lowest BCUT2D eigenvalue weighted by Crippen LogP contribution is -2.37. The van der Waals surface area contributed by atoms with Crippen LogP contribution in [0.2, 0.25) is 0 Å². The zero-order valence-corrected chi connectivity index (χ0v) is 14.7. The van der Waals surface area contributed by atoms with Gasteiger partial charge in [-0.3, -0.25) is 4.79 Å². The minimum atomic E-state index is -0.723. The zero-order valence-electron chi connectivity index (χ0n) is 14.7. The smallest absolute Gasteiger partial charge is 0.263 e. The molecular weight excluding hydrogens is 328 g/mol. The Kier molecular flexibility index (Phi) is 5.96. The molecule has 0 heterocycles. The number of amides is 1. The number of rotatable bonds is 6. The molecule has 0 saturated carbocycles. The number of carbonyl (C=O) groups excluding carboxylic acids is 1. The molecule has 0 aromatic heterocycles. The Balaban J connectivity index is 2.41. The van der Waals surface area contributed by atoms with E-state index < -0.39 is 17.7 Å². The highest BCUT2D eigenvalue weighted by molar-refractivity contribution is 5.81. The minimum absolute atomic E-state index is 0.198. The van der Waals surface area contributed by atoms with Crippen molar-refractivity contribution in [2.45, 2.75) is 19.4 Å². The first-order valence-corrected chi connectivity index (χ1v) is 7.88. The van der Waals surface area contributed by atoms with Crippen molar-refractivity contribution in [2.75, 3.05) is 21.2 Å². The maximum absolute atomic E-state index is 14.1. The Morgan fingerprint density at radius 2 is 1.84 bits per heavy atom. The summed E-state index contributed by atoms with van der Waals surface area (Å²) >= 11 is 0. The zero-order chi connectivity index (χ0) is 18.6. The summed E-state index contributed by atoms with van der Waals surface area (Å²) in [6.45, 7) is 1.81. The molecule has 0 aliphatic heterocycles. The maximum atomic E-state index is 14.1. The second kappa shape index (κ2) is 7.96. The summed E-state index contributed by atoms with van der Waals surface area (Å²) in [6.07, 6.45) is -0.286. The molecule has 2 aromatic carbocycles.